The van der Waals surface area contributed by atoms with Gasteiger partial charge in [0.1, 0.15) is 0 Å². The van der Waals surface area contributed by atoms with Crippen LogP contribution >= 0.6 is 24.8 Å². The van der Waals surface area contributed by atoms with Gasteiger partial charge in [-0.1, -0.05) is 0 Å². The minimum absolute atomic E-state index is 0. The van der Waals surface area contributed by atoms with E-state index in [0.717, 1.165) is 39.0 Å². The molecule has 0 radical (unpaired) electrons. The first-order valence-corrected chi connectivity index (χ1v) is 7.15. The number of carbonyl (C=O) groups excluding carboxylic acids is 1. The van der Waals surface area contributed by atoms with E-state index in [-0.39, 0.29) is 37.0 Å². The van der Waals surface area contributed by atoms with Crippen LogP contribution in [0.15, 0.2) is 0 Å². The number of rotatable bonds is 4. The summed E-state index contributed by atoms with van der Waals surface area (Å²) in [6.45, 7) is 5.69. The highest BCUT2D eigenvalue weighted by atomic mass is 35.5. The third-order valence-corrected chi connectivity index (χ3v) is 3.93. The Labute approximate surface area is 139 Å². The van der Waals surface area contributed by atoms with Crippen LogP contribution in [0.3, 0.4) is 0 Å². The molecule has 0 aliphatic carbocycles. The van der Waals surface area contributed by atoms with Crippen LogP contribution in [0.25, 0.3) is 0 Å². The Morgan fingerprint density at radius 2 is 1.95 bits per heavy atom. The molecular weight excluding hydrogens is 317 g/mol. The molecule has 0 aromatic carbocycles. The summed E-state index contributed by atoms with van der Waals surface area (Å²) in [6, 6.07) is 0.845. The zero-order chi connectivity index (χ0) is 13.7. The second kappa shape index (κ2) is 10.5. The second-order valence-corrected chi connectivity index (χ2v) is 5.17. The van der Waals surface area contributed by atoms with Crippen LogP contribution in [0.1, 0.15) is 19.8 Å². The number of halogens is 2. The summed E-state index contributed by atoms with van der Waals surface area (Å²) in [4.78, 5) is 13.4. The third kappa shape index (κ3) is 5.79. The summed E-state index contributed by atoms with van der Waals surface area (Å²) < 4.78 is 10.5. The average Bonchev–Trinajstić information content (AvgIpc) is 2.87. The molecule has 2 N–H and O–H groups in total. The Balaban J connectivity index is 0.00000200. The lowest BCUT2D eigenvalue weighted by Gasteiger charge is -2.34. The van der Waals surface area contributed by atoms with Crippen molar-refractivity contribution in [2.45, 2.75) is 38.0 Å². The lowest BCUT2D eigenvalue weighted by Crippen LogP contribution is -2.51. The largest absolute Gasteiger partial charge is 0.450 e. The van der Waals surface area contributed by atoms with E-state index < -0.39 is 0 Å². The summed E-state index contributed by atoms with van der Waals surface area (Å²) in [5.74, 6) is 0. The monoisotopic (exact) mass is 343 g/mol. The average molecular weight is 344 g/mol. The lowest BCUT2D eigenvalue weighted by atomic mass is 10.0. The van der Waals surface area contributed by atoms with Crippen LogP contribution < -0.4 is 10.6 Å². The van der Waals surface area contributed by atoms with Crippen LogP contribution in [0.5, 0.6) is 0 Å². The second-order valence-electron chi connectivity index (χ2n) is 5.17. The first kappa shape index (κ1) is 20.7. The van der Waals surface area contributed by atoms with Crippen molar-refractivity contribution < 1.29 is 14.3 Å². The highest BCUT2D eigenvalue weighted by Gasteiger charge is 2.31. The van der Waals surface area contributed by atoms with Gasteiger partial charge in [-0.3, -0.25) is 0 Å². The zero-order valence-corrected chi connectivity index (χ0v) is 14.3. The molecule has 0 aromatic rings. The maximum atomic E-state index is 11.6. The van der Waals surface area contributed by atoms with Gasteiger partial charge in [-0.2, -0.15) is 0 Å². The van der Waals surface area contributed by atoms with E-state index in [1.165, 1.54) is 0 Å². The Hall–Kier alpha value is -0.270. The Kier molecular flexibility index (Phi) is 10.3. The van der Waals surface area contributed by atoms with Crippen LogP contribution in [-0.4, -0.2) is 69.1 Å². The van der Waals surface area contributed by atoms with Gasteiger partial charge in [-0.15, -0.1) is 24.8 Å². The predicted octanol–water partition coefficient (Wildman–Crippen LogP) is 1.03. The molecule has 0 bridgehead atoms. The van der Waals surface area contributed by atoms with Gasteiger partial charge in [0.25, 0.3) is 0 Å². The van der Waals surface area contributed by atoms with Crippen LogP contribution in [0, 0.1) is 0 Å². The molecule has 2 fully saturated rings. The van der Waals surface area contributed by atoms with E-state index in [2.05, 4.69) is 10.6 Å². The molecule has 0 aromatic heterocycles. The van der Waals surface area contributed by atoms with Crippen molar-refractivity contribution in [2.24, 2.45) is 0 Å². The molecule has 8 heteroatoms. The topological polar surface area (TPSA) is 62.8 Å². The summed E-state index contributed by atoms with van der Waals surface area (Å²) in [6.07, 6.45) is 2.03. The Morgan fingerprint density at radius 3 is 2.52 bits per heavy atom. The smallest absolute Gasteiger partial charge is 0.409 e. The molecule has 2 rings (SSSR count). The number of piperidine rings is 1. The quantitative estimate of drug-likeness (QED) is 0.798. The van der Waals surface area contributed by atoms with Gasteiger partial charge in [0.15, 0.2) is 0 Å². The van der Waals surface area contributed by atoms with Crippen LogP contribution in [0.2, 0.25) is 0 Å². The van der Waals surface area contributed by atoms with E-state index in [0.29, 0.717) is 18.7 Å². The molecule has 1 amide bonds. The number of hydrogen-bond donors (Lipinski definition) is 2. The lowest BCUT2D eigenvalue weighted by molar-refractivity contribution is 0.0783. The molecule has 2 saturated heterocycles. The number of likely N-dealkylation sites (tertiary alicyclic amines) is 1. The van der Waals surface area contributed by atoms with Crippen molar-refractivity contribution in [2.75, 3.05) is 39.9 Å². The summed E-state index contributed by atoms with van der Waals surface area (Å²) in [5.41, 5.74) is 0. The van der Waals surface area contributed by atoms with Gasteiger partial charge in [0.2, 0.25) is 0 Å². The fourth-order valence-corrected chi connectivity index (χ4v) is 2.81. The highest BCUT2D eigenvalue weighted by molar-refractivity contribution is 5.85. The summed E-state index contributed by atoms with van der Waals surface area (Å²) >= 11 is 0. The number of ether oxygens (including phenoxy) is 2. The first-order valence-electron chi connectivity index (χ1n) is 7.15. The van der Waals surface area contributed by atoms with Crippen molar-refractivity contribution in [3.8, 4) is 0 Å². The molecule has 2 heterocycles. The minimum atomic E-state index is -0.182. The molecule has 2 atom stereocenters. The number of amides is 1. The number of hydrogen-bond acceptors (Lipinski definition) is 5. The van der Waals surface area contributed by atoms with Crippen molar-refractivity contribution in [1.82, 2.24) is 15.5 Å². The number of nitrogens with zero attached hydrogens (tertiary/aromatic N) is 1. The molecule has 6 nitrogen and oxygen atoms in total. The predicted molar refractivity (Wildman–Crippen MR) is 86.7 cm³/mol. The minimum Gasteiger partial charge on any atom is -0.450 e. The maximum absolute atomic E-state index is 11.6. The van der Waals surface area contributed by atoms with Gasteiger partial charge < -0.3 is 25.0 Å². The highest BCUT2D eigenvalue weighted by Crippen LogP contribution is 2.14. The molecule has 126 valence electrons. The van der Waals surface area contributed by atoms with E-state index >= 15 is 0 Å². The number of nitrogens with one attached hydrogen (secondary N) is 2. The number of carbonyl (C=O) groups is 1. The van der Waals surface area contributed by atoms with Crippen molar-refractivity contribution in [3.05, 3.63) is 0 Å². The Bertz CT molecular complexity index is 302. The molecule has 21 heavy (non-hydrogen) atoms. The summed E-state index contributed by atoms with van der Waals surface area (Å²) in [7, 11) is 1.76. The molecule has 2 aliphatic rings. The summed E-state index contributed by atoms with van der Waals surface area (Å²) in [5, 5.41) is 6.98. The van der Waals surface area contributed by atoms with E-state index in [1.54, 1.807) is 12.0 Å². The SMILES string of the molecule is CCOC(=O)N1CCC(N[C@H]2CNC[C@@H]2OC)CC1.Cl.Cl. The van der Waals surface area contributed by atoms with Crippen molar-refractivity contribution >= 4 is 30.9 Å². The third-order valence-electron chi connectivity index (χ3n) is 3.93. The molecular formula is C13H27Cl2N3O3. The van der Waals surface area contributed by atoms with Gasteiger partial charge in [-0.25, -0.2) is 4.79 Å². The van der Waals surface area contributed by atoms with Crippen molar-refractivity contribution in [1.29, 1.82) is 0 Å². The van der Waals surface area contributed by atoms with E-state index in [9.17, 15) is 4.79 Å². The molecule has 0 unspecified atom stereocenters. The normalized spacial score (nSPS) is 25.9. The van der Waals surface area contributed by atoms with Crippen LogP contribution in [0.4, 0.5) is 4.79 Å². The van der Waals surface area contributed by atoms with Crippen LogP contribution in [-0.2, 0) is 9.47 Å². The maximum Gasteiger partial charge on any atom is 0.409 e. The fraction of sp³-hybridized carbons (Fsp3) is 0.923. The van der Waals surface area contributed by atoms with E-state index in [1.807, 2.05) is 6.92 Å². The first-order chi connectivity index (χ1) is 9.24. The molecule has 0 saturated carbocycles. The van der Waals surface area contributed by atoms with Crippen molar-refractivity contribution in [3.63, 3.8) is 0 Å². The fourth-order valence-electron chi connectivity index (χ4n) is 2.81. The molecule has 0 spiro atoms. The Morgan fingerprint density at radius 1 is 1.29 bits per heavy atom. The van der Waals surface area contributed by atoms with Gasteiger partial charge in [0, 0.05) is 45.4 Å². The van der Waals surface area contributed by atoms with E-state index in [4.69, 9.17) is 9.47 Å². The standard InChI is InChI=1S/C13H25N3O3.2ClH/c1-3-19-13(17)16-6-4-10(5-7-16)15-11-8-14-9-12(11)18-2;;/h10-12,14-15H,3-9H2,1-2H3;2*1H/t11-,12-;;/m0../s1. The van der Waals surface area contributed by atoms with Gasteiger partial charge >= 0.3 is 6.09 Å². The van der Waals surface area contributed by atoms with Gasteiger partial charge in [0.05, 0.1) is 12.7 Å². The molecule has 2 aliphatic heterocycles. The van der Waals surface area contributed by atoms with Gasteiger partial charge in [-0.05, 0) is 19.8 Å². The number of methoxy groups -OCH3 is 1. The zero-order valence-electron chi connectivity index (χ0n) is 12.7.